The molecule has 1 atom stereocenters. The standard InChI is InChI=1S/C12H16N4O/c1-10(9-17-2)16-7-6-14-12(16)15-11-4-3-5-13-8-11/h3-8,10H,9H2,1-2H3,(H,14,15). The Morgan fingerprint density at radius 2 is 2.35 bits per heavy atom. The Kier molecular flexibility index (Phi) is 3.72. The summed E-state index contributed by atoms with van der Waals surface area (Å²) in [7, 11) is 1.70. The van der Waals surface area contributed by atoms with Crippen LogP contribution in [0, 0.1) is 0 Å². The van der Waals surface area contributed by atoms with Crippen molar-refractivity contribution in [3.8, 4) is 0 Å². The molecule has 1 unspecified atom stereocenters. The molecule has 0 aliphatic heterocycles. The first-order valence-electron chi connectivity index (χ1n) is 5.50. The monoisotopic (exact) mass is 232 g/mol. The van der Waals surface area contributed by atoms with Gasteiger partial charge in [-0.1, -0.05) is 0 Å². The molecule has 0 spiro atoms. The van der Waals surface area contributed by atoms with Crippen LogP contribution >= 0.6 is 0 Å². The quantitative estimate of drug-likeness (QED) is 0.858. The van der Waals surface area contributed by atoms with Crippen LogP contribution in [0.1, 0.15) is 13.0 Å². The van der Waals surface area contributed by atoms with Gasteiger partial charge in [-0.25, -0.2) is 4.98 Å². The Labute approximate surface area is 100 Å². The first kappa shape index (κ1) is 11.6. The molecule has 0 radical (unpaired) electrons. The van der Waals surface area contributed by atoms with Crippen LogP contribution in [-0.4, -0.2) is 28.3 Å². The highest BCUT2D eigenvalue weighted by molar-refractivity contribution is 5.51. The molecule has 0 aliphatic rings. The van der Waals surface area contributed by atoms with E-state index < -0.39 is 0 Å². The molecule has 0 amide bonds. The van der Waals surface area contributed by atoms with Crippen LogP contribution in [0.25, 0.3) is 0 Å². The zero-order valence-corrected chi connectivity index (χ0v) is 10.00. The van der Waals surface area contributed by atoms with Crippen LogP contribution in [0.2, 0.25) is 0 Å². The second-order valence-corrected chi connectivity index (χ2v) is 3.83. The highest BCUT2D eigenvalue weighted by Crippen LogP contribution is 2.17. The molecule has 2 rings (SSSR count). The number of methoxy groups -OCH3 is 1. The number of pyridine rings is 1. The van der Waals surface area contributed by atoms with E-state index in [1.807, 2.05) is 22.9 Å². The number of aromatic nitrogens is 3. The van der Waals surface area contributed by atoms with Crippen molar-refractivity contribution in [1.29, 1.82) is 0 Å². The van der Waals surface area contributed by atoms with Crippen molar-refractivity contribution in [1.82, 2.24) is 14.5 Å². The van der Waals surface area contributed by atoms with Crippen molar-refractivity contribution in [2.75, 3.05) is 19.0 Å². The average molecular weight is 232 g/mol. The van der Waals surface area contributed by atoms with Gasteiger partial charge in [0.25, 0.3) is 0 Å². The number of imidazole rings is 1. The van der Waals surface area contributed by atoms with E-state index in [0.29, 0.717) is 6.61 Å². The van der Waals surface area contributed by atoms with Crippen molar-refractivity contribution in [2.45, 2.75) is 13.0 Å². The Balaban J connectivity index is 2.14. The van der Waals surface area contributed by atoms with Crippen molar-refractivity contribution < 1.29 is 4.74 Å². The SMILES string of the molecule is COCC(C)n1ccnc1Nc1cccnc1. The Hall–Kier alpha value is -1.88. The summed E-state index contributed by atoms with van der Waals surface area (Å²) in [4.78, 5) is 8.34. The Morgan fingerprint density at radius 3 is 3.06 bits per heavy atom. The lowest BCUT2D eigenvalue weighted by Gasteiger charge is -2.15. The summed E-state index contributed by atoms with van der Waals surface area (Å²) < 4.78 is 7.18. The maximum atomic E-state index is 5.14. The summed E-state index contributed by atoms with van der Waals surface area (Å²) in [5, 5.41) is 3.23. The molecule has 5 nitrogen and oxygen atoms in total. The van der Waals surface area contributed by atoms with Gasteiger partial charge in [0.2, 0.25) is 5.95 Å². The predicted molar refractivity (Wildman–Crippen MR) is 66.3 cm³/mol. The summed E-state index contributed by atoms with van der Waals surface area (Å²) in [6, 6.07) is 4.07. The Bertz CT molecular complexity index is 455. The first-order chi connectivity index (χ1) is 8.31. The van der Waals surface area contributed by atoms with Crippen molar-refractivity contribution >= 4 is 11.6 Å². The molecule has 0 saturated carbocycles. The van der Waals surface area contributed by atoms with Gasteiger partial charge in [0.05, 0.1) is 24.5 Å². The van der Waals surface area contributed by atoms with Gasteiger partial charge in [0, 0.05) is 25.7 Å². The third-order valence-electron chi connectivity index (χ3n) is 2.47. The summed E-state index contributed by atoms with van der Waals surface area (Å²) in [6.07, 6.45) is 7.21. The smallest absolute Gasteiger partial charge is 0.207 e. The second kappa shape index (κ2) is 5.45. The van der Waals surface area contributed by atoms with E-state index in [-0.39, 0.29) is 6.04 Å². The number of nitrogens with one attached hydrogen (secondary N) is 1. The van der Waals surface area contributed by atoms with Gasteiger partial charge in [-0.2, -0.15) is 0 Å². The fraction of sp³-hybridized carbons (Fsp3) is 0.333. The molecule has 17 heavy (non-hydrogen) atoms. The van der Waals surface area contributed by atoms with E-state index in [2.05, 4.69) is 22.2 Å². The van der Waals surface area contributed by atoms with Crippen molar-refractivity contribution in [3.05, 3.63) is 36.9 Å². The second-order valence-electron chi connectivity index (χ2n) is 3.83. The topological polar surface area (TPSA) is 52.0 Å². The minimum atomic E-state index is 0.238. The van der Waals surface area contributed by atoms with Gasteiger partial charge >= 0.3 is 0 Å². The molecule has 0 aliphatic carbocycles. The molecule has 0 fully saturated rings. The predicted octanol–water partition coefficient (Wildman–Crippen LogP) is 2.23. The van der Waals surface area contributed by atoms with Crippen molar-refractivity contribution in [3.63, 3.8) is 0 Å². The lowest BCUT2D eigenvalue weighted by atomic mass is 10.3. The molecular formula is C12H16N4O. The molecule has 2 aromatic heterocycles. The summed E-state index contributed by atoms with van der Waals surface area (Å²) >= 11 is 0. The minimum Gasteiger partial charge on any atom is -0.383 e. The van der Waals surface area contributed by atoms with Crippen LogP contribution in [0.4, 0.5) is 11.6 Å². The van der Waals surface area contributed by atoms with Crippen LogP contribution in [0.5, 0.6) is 0 Å². The van der Waals surface area contributed by atoms with Crippen LogP contribution in [-0.2, 0) is 4.74 Å². The van der Waals surface area contributed by atoms with E-state index in [1.165, 1.54) is 0 Å². The molecule has 5 heteroatoms. The van der Waals surface area contributed by atoms with E-state index >= 15 is 0 Å². The van der Waals surface area contributed by atoms with E-state index in [4.69, 9.17) is 4.74 Å². The maximum absolute atomic E-state index is 5.14. The van der Waals surface area contributed by atoms with Crippen molar-refractivity contribution in [2.24, 2.45) is 0 Å². The number of nitrogens with zero attached hydrogens (tertiary/aromatic N) is 3. The molecular weight excluding hydrogens is 216 g/mol. The largest absolute Gasteiger partial charge is 0.383 e. The lowest BCUT2D eigenvalue weighted by Crippen LogP contribution is -2.12. The fourth-order valence-electron chi connectivity index (χ4n) is 1.65. The number of ether oxygens (including phenoxy) is 1. The van der Waals surface area contributed by atoms with Gasteiger partial charge < -0.3 is 14.6 Å². The third kappa shape index (κ3) is 2.82. The van der Waals surface area contributed by atoms with Crippen LogP contribution in [0.15, 0.2) is 36.9 Å². The minimum absolute atomic E-state index is 0.238. The van der Waals surface area contributed by atoms with E-state index in [1.54, 1.807) is 25.7 Å². The highest BCUT2D eigenvalue weighted by Gasteiger charge is 2.09. The molecule has 2 aromatic rings. The zero-order valence-electron chi connectivity index (χ0n) is 10.00. The molecule has 0 saturated heterocycles. The maximum Gasteiger partial charge on any atom is 0.207 e. The fourth-order valence-corrected chi connectivity index (χ4v) is 1.65. The van der Waals surface area contributed by atoms with Crippen LogP contribution in [0.3, 0.4) is 0 Å². The van der Waals surface area contributed by atoms with Gasteiger partial charge in [-0.15, -0.1) is 0 Å². The molecule has 0 aromatic carbocycles. The number of rotatable bonds is 5. The number of anilines is 2. The summed E-state index contributed by atoms with van der Waals surface area (Å²) in [5.74, 6) is 0.794. The van der Waals surface area contributed by atoms with Crippen LogP contribution < -0.4 is 5.32 Å². The third-order valence-corrected chi connectivity index (χ3v) is 2.47. The Morgan fingerprint density at radius 1 is 1.47 bits per heavy atom. The summed E-state index contributed by atoms with van der Waals surface area (Å²) in [6.45, 7) is 2.73. The van der Waals surface area contributed by atoms with Gasteiger partial charge in [0.1, 0.15) is 0 Å². The number of hydrogen-bond acceptors (Lipinski definition) is 4. The van der Waals surface area contributed by atoms with Gasteiger partial charge in [0.15, 0.2) is 0 Å². The van der Waals surface area contributed by atoms with Gasteiger partial charge in [-0.3, -0.25) is 4.98 Å². The lowest BCUT2D eigenvalue weighted by molar-refractivity contribution is 0.163. The van der Waals surface area contributed by atoms with Gasteiger partial charge in [-0.05, 0) is 19.1 Å². The summed E-state index contributed by atoms with van der Waals surface area (Å²) in [5.41, 5.74) is 0.921. The molecule has 0 bridgehead atoms. The zero-order chi connectivity index (χ0) is 12.1. The van der Waals surface area contributed by atoms with E-state index in [0.717, 1.165) is 11.6 Å². The first-order valence-corrected chi connectivity index (χ1v) is 5.50. The number of hydrogen-bond donors (Lipinski definition) is 1. The average Bonchev–Trinajstić information content (AvgIpc) is 2.79. The molecule has 90 valence electrons. The normalized spacial score (nSPS) is 12.4. The molecule has 1 N–H and O–H groups in total. The highest BCUT2D eigenvalue weighted by atomic mass is 16.5. The van der Waals surface area contributed by atoms with E-state index in [9.17, 15) is 0 Å². The molecule has 2 heterocycles.